The molecule has 2 heterocycles. The number of primary amides is 1. The lowest BCUT2D eigenvalue weighted by atomic mass is 9.94. The molecule has 0 aliphatic rings. The van der Waals surface area contributed by atoms with Crippen molar-refractivity contribution < 1.29 is 9.36 Å². The molecule has 0 aliphatic carbocycles. The van der Waals surface area contributed by atoms with Gasteiger partial charge in [-0.2, -0.15) is 0 Å². The normalized spacial score (nSPS) is 14.4. The van der Waals surface area contributed by atoms with E-state index in [1.54, 1.807) is 0 Å². The first kappa shape index (κ1) is 21.8. The molecule has 0 fully saturated rings. The molecule has 3 rings (SSSR count). The molecule has 2 aromatic heterocycles. The van der Waals surface area contributed by atoms with Gasteiger partial charge in [0.2, 0.25) is 5.91 Å². The van der Waals surface area contributed by atoms with E-state index in [0.29, 0.717) is 12.5 Å². The average Bonchev–Trinajstić information content (AvgIpc) is 3.32. The number of hydrogen-bond acceptors (Lipinski definition) is 2. The van der Waals surface area contributed by atoms with Crippen LogP contribution in [0, 0.1) is 19.8 Å². The first-order chi connectivity index (χ1) is 14.4. The number of nitrogens with two attached hydrogens (primary N) is 1. The Hall–Kier alpha value is -2.89. The van der Waals surface area contributed by atoms with E-state index in [-0.39, 0.29) is 17.9 Å². The number of hydrogen-bond donors (Lipinski definition) is 1. The highest BCUT2D eigenvalue weighted by molar-refractivity contribution is 5.76. The number of imidazole rings is 2. The highest BCUT2D eigenvalue weighted by Gasteiger charge is 2.27. The maximum atomic E-state index is 11.7. The van der Waals surface area contributed by atoms with E-state index in [0.717, 1.165) is 25.2 Å². The van der Waals surface area contributed by atoms with Crippen molar-refractivity contribution in [3.63, 3.8) is 0 Å². The van der Waals surface area contributed by atoms with Crippen molar-refractivity contribution in [2.24, 2.45) is 11.7 Å². The summed E-state index contributed by atoms with van der Waals surface area (Å²) in [5.41, 5.74) is 6.87. The fourth-order valence-corrected chi connectivity index (χ4v) is 4.26. The van der Waals surface area contributed by atoms with Crippen molar-refractivity contribution in [2.45, 2.75) is 65.6 Å². The van der Waals surface area contributed by atoms with Gasteiger partial charge in [-0.1, -0.05) is 44.2 Å². The third-order valence-corrected chi connectivity index (χ3v) is 6.17. The lowest BCUT2D eigenvalue weighted by Crippen LogP contribution is -2.36. The molecule has 6 heteroatoms. The van der Waals surface area contributed by atoms with Crippen molar-refractivity contribution in [1.82, 2.24) is 14.1 Å². The first-order valence-corrected chi connectivity index (χ1v) is 10.8. The molecule has 0 saturated heterocycles. The first-order valence-electron chi connectivity index (χ1n) is 10.8. The summed E-state index contributed by atoms with van der Waals surface area (Å²) in [6.45, 7) is 9.18. The van der Waals surface area contributed by atoms with Gasteiger partial charge in [-0.3, -0.25) is 4.79 Å². The molecule has 3 atom stereocenters. The summed E-state index contributed by atoms with van der Waals surface area (Å²) < 4.78 is 6.86. The number of rotatable bonds is 10. The third kappa shape index (κ3) is 4.99. The second-order valence-corrected chi connectivity index (χ2v) is 8.24. The zero-order valence-corrected chi connectivity index (χ0v) is 18.5. The van der Waals surface area contributed by atoms with Crippen LogP contribution in [0.4, 0.5) is 0 Å². The summed E-state index contributed by atoms with van der Waals surface area (Å²) in [5.74, 6) is 1.77. The van der Waals surface area contributed by atoms with E-state index in [4.69, 9.17) is 5.73 Å². The van der Waals surface area contributed by atoms with E-state index < -0.39 is 0 Å². The fraction of sp³-hybridized carbons (Fsp3) is 0.458. The smallest absolute Gasteiger partial charge is 0.253 e. The molecule has 3 aromatic rings. The topological polar surface area (TPSA) is 69.7 Å². The molecule has 0 radical (unpaired) electrons. The number of aromatic nitrogens is 4. The molecule has 0 bridgehead atoms. The Morgan fingerprint density at radius 1 is 1.10 bits per heavy atom. The second kappa shape index (κ2) is 9.74. The van der Waals surface area contributed by atoms with Gasteiger partial charge in [-0.05, 0) is 25.3 Å². The number of carbonyl (C=O) groups is 1. The minimum Gasteiger partial charge on any atom is -0.369 e. The molecule has 1 aromatic carbocycles. The van der Waals surface area contributed by atoms with E-state index in [2.05, 4.69) is 69.2 Å². The molecule has 0 saturated carbocycles. The van der Waals surface area contributed by atoms with Gasteiger partial charge in [0.1, 0.15) is 30.8 Å². The predicted molar refractivity (Wildman–Crippen MR) is 118 cm³/mol. The summed E-state index contributed by atoms with van der Waals surface area (Å²) in [6.07, 6.45) is 10.8. The highest BCUT2D eigenvalue weighted by atomic mass is 16.1. The summed E-state index contributed by atoms with van der Waals surface area (Å²) in [4.78, 5) is 16.1. The molecule has 6 nitrogen and oxygen atoms in total. The maximum absolute atomic E-state index is 11.7. The van der Waals surface area contributed by atoms with Gasteiger partial charge in [-0.15, -0.1) is 0 Å². The molecule has 1 amide bonds. The molecule has 0 aliphatic heterocycles. The second-order valence-electron chi connectivity index (χ2n) is 8.24. The van der Waals surface area contributed by atoms with Crippen LogP contribution in [0.2, 0.25) is 0 Å². The average molecular weight is 409 g/mol. The van der Waals surface area contributed by atoms with Crippen LogP contribution >= 0.6 is 0 Å². The lowest BCUT2D eigenvalue weighted by molar-refractivity contribution is -0.694. The minimum absolute atomic E-state index is 0.171. The van der Waals surface area contributed by atoms with Crippen molar-refractivity contribution in [2.75, 3.05) is 0 Å². The predicted octanol–water partition coefficient (Wildman–Crippen LogP) is 3.73. The molecule has 160 valence electrons. The number of benzene rings is 1. The van der Waals surface area contributed by atoms with Crippen LogP contribution in [0.15, 0.2) is 55.1 Å². The van der Waals surface area contributed by atoms with Crippen LogP contribution in [0.5, 0.6) is 0 Å². The van der Waals surface area contributed by atoms with Gasteiger partial charge in [-0.25, -0.2) is 14.1 Å². The van der Waals surface area contributed by atoms with Crippen molar-refractivity contribution >= 4 is 5.91 Å². The Bertz CT molecular complexity index is 959. The van der Waals surface area contributed by atoms with Crippen LogP contribution < -0.4 is 10.3 Å². The standard InChI is InChI=1S/C24H33N5O/c1-5-22(16-23(15-18(2)24(25)30)28-12-11-26-19(28)3)29-14-13-27(20(29)4)17-21-9-7-6-8-10-21/h6-14,18,22-23H,5,15-17H2,1-4H3,(H-,25,30)/p+1. The number of nitrogens with zero attached hydrogens (tertiary/aromatic N) is 4. The maximum Gasteiger partial charge on any atom is 0.253 e. The van der Waals surface area contributed by atoms with Crippen molar-refractivity contribution in [3.05, 3.63) is 72.3 Å². The van der Waals surface area contributed by atoms with Gasteiger partial charge < -0.3 is 10.3 Å². The Kier molecular flexibility index (Phi) is 7.08. The van der Waals surface area contributed by atoms with Crippen LogP contribution in [0.1, 0.15) is 62.4 Å². The SMILES string of the molecule is CCC(CC(CC(C)C(N)=O)n1ccnc1C)n1cc[n+](Cc2ccccc2)c1C. The highest BCUT2D eigenvalue weighted by Crippen LogP contribution is 2.31. The Balaban J connectivity index is 1.83. The largest absolute Gasteiger partial charge is 0.369 e. The summed E-state index contributed by atoms with van der Waals surface area (Å²) >= 11 is 0. The summed E-state index contributed by atoms with van der Waals surface area (Å²) in [6, 6.07) is 11.0. The number of aryl methyl sites for hydroxylation is 1. The summed E-state index contributed by atoms with van der Waals surface area (Å²) in [7, 11) is 0. The van der Waals surface area contributed by atoms with E-state index in [1.165, 1.54) is 11.4 Å². The van der Waals surface area contributed by atoms with Crippen LogP contribution in [-0.4, -0.2) is 20.0 Å². The zero-order chi connectivity index (χ0) is 21.7. The van der Waals surface area contributed by atoms with Gasteiger partial charge in [0, 0.05) is 37.7 Å². The number of carbonyl (C=O) groups excluding carboxylic acids is 1. The van der Waals surface area contributed by atoms with Gasteiger partial charge in [0.05, 0.1) is 0 Å². The number of amides is 1. The zero-order valence-electron chi connectivity index (χ0n) is 18.5. The molecule has 3 unspecified atom stereocenters. The Labute approximate surface area is 179 Å². The third-order valence-electron chi connectivity index (χ3n) is 6.17. The molecule has 0 spiro atoms. The van der Waals surface area contributed by atoms with E-state index >= 15 is 0 Å². The van der Waals surface area contributed by atoms with Gasteiger partial charge in [0.15, 0.2) is 0 Å². The van der Waals surface area contributed by atoms with Crippen molar-refractivity contribution in [3.8, 4) is 0 Å². The van der Waals surface area contributed by atoms with Gasteiger partial charge in [0.25, 0.3) is 5.82 Å². The molecule has 30 heavy (non-hydrogen) atoms. The van der Waals surface area contributed by atoms with E-state index in [9.17, 15) is 4.79 Å². The lowest BCUT2D eigenvalue weighted by Gasteiger charge is -2.25. The molecular formula is C24H34N5O+. The quantitative estimate of drug-likeness (QED) is 0.519. The molecular weight excluding hydrogens is 374 g/mol. The van der Waals surface area contributed by atoms with Crippen LogP contribution in [0.3, 0.4) is 0 Å². The van der Waals surface area contributed by atoms with Gasteiger partial charge >= 0.3 is 0 Å². The fourth-order valence-electron chi connectivity index (χ4n) is 4.26. The minimum atomic E-state index is -0.247. The van der Waals surface area contributed by atoms with E-state index in [1.807, 2.05) is 32.3 Å². The van der Waals surface area contributed by atoms with Crippen molar-refractivity contribution in [1.29, 1.82) is 0 Å². The molecule has 2 N–H and O–H groups in total. The Morgan fingerprint density at radius 2 is 1.83 bits per heavy atom. The van der Waals surface area contributed by atoms with Crippen LogP contribution in [-0.2, 0) is 11.3 Å². The Morgan fingerprint density at radius 3 is 2.43 bits per heavy atom. The van der Waals surface area contributed by atoms with Crippen LogP contribution in [0.25, 0.3) is 0 Å². The summed E-state index contributed by atoms with van der Waals surface area (Å²) in [5, 5.41) is 0. The monoisotopic (exact) mass is 408 g/mol.